The molecule has 0 saturated heterocycles. The minimum Gasteiger partial charge on any atom is -0.382 e. The summed E-state index contributed by atoms with van der Waals surface area (Å²) in [6.45, 7) is 2.93. The quantitative estimate of drug-likeness (QED) is 0.838. The highest BCUT2D eigenvalue weighted by Gasteiger charge is 2.22. The molecule has 5 heteroatoms. The van der Waals surface area contributed by atoms with E-state index in [-0.39, 0.29) is 5.82 Å². The summed E-state index contributed by atoms with van der Waals surface area (Å²) in [5.41, 5.74) is 9.01. The van der Waals surface area contributed by atoms with Crippen LogP contribution in [-0.2, 0) is 17.8 Å². The van der Waals surface area contributed by atoms with Crippen molar-refractivity contribution in [2.75, 3.05) is 12.3 Å². The Hall–Kier alpha value is -1.88. The van der Waals surface area contributed by atoms with Crippen LogP contribution in [-0.4, -0.2) is 16.4 Å². The summed E-state index contributed by atoms with van der Waals surface area (Å²) in [6.07, 6.45) is 0.702. The maximum atomic E-state index is 14.0. The van der Waals surface area contributed by atoms with Gasteiger partial charge in [0.05, 0.1) is 18.9 Å². The van der Waals surface area contributed by atoms with Gasteiger partial charge in [0.25, 0.3) is 0 Å². The summed E-state index contributed by atoms with van der Waals surface area (Å²) in [6, 6.07) is 4.99. The Bertz CT molecular complexity index is 586. The van der Waals surface area contributed by atoms with Crippen LogP contribution < -0.4 is 5.73 Å². The second-order valence-electron chi connectivity index (χ2n) is 4.43. The van der Waals surface area contributed by atoms with Gasteiger partial charge in [-0.3, -0.25) is 0 Å². The Balaban J connectivity index is 2.24. The summed E-state index contributed by atoms with van der Waals surface area (Å²) in [5.74, 6) is 0.138. The Morgan fingerprint density at radius 2 is 2.28 bits per heavy atom. The van der Waals surface area contributed by atoms with Gasteiger partial charge in [-0.15, -0.1) is 5.10 Å². The molecule has 18 heavy (non-hydrogen) atoms. The second kappa shape index (κ2) is 4.10. The molecule has 3 rings (SSSR count). The summed E-state index contributed by atoms with van der Waals surface area (Å²) in [4.78, 5) is 0. The molecule has 0 amide bonds. The summed E-state index contributed by atoms with van der Waals surface area (Å²) < 4.78 is 21.0. The number of anilines is 1. The van der Waals surface area contributed by atoms with Crippen molar-refractivity contribution in [3.63, 3.8) is 0 Å². The molecular weight excluding hydrogens is 233 g/mol. The molecule has 1 aliphatic rings. The summed E-state index contributed by atoms with van der Waals surface area (Å²) >= 11 is 0. The van der Waals surface area contributed by atoms with Crippen LogP contribution in [0.3, 0.4) is 0 Å². The van der Waals surface area contributed by atoms with Crippen LogP contribution in [0, 0.1) is 12.7 Å². The fourth-order valence-electron chi connectivity index (χ4n) is 2.34. The van der Waals surface area contributed by atoms with Gasteiger partial charge in [-0.1, -0.05) is 12.1 Å². The second-order valence-corrected chi connectivity index (χ2v) is 4.43. The molecule has 0 aliphatic carbocycles. The maximum Gasteiger partial charge on any atom is 0.151 e. The normalized spacial score (nSPS) is 14.6. The highest BCUT2D eigenvalue weighted by atomic mass is 19.1. The third-order valence-electron chi connectivity index (χ3n) is 3.25. The molecule has 94 valence electrons. The van der Waals surface area contributed by atoms with Gasteiger partial charge in [0.15, 0.2) is 5.82 Å². The van der Waals surface area contributed by atoms with Gasteiger partial charge in [-0.05, 0) is 18.6 Å². The molecule has 2 aromatic rings. The van der Waals surface area contributed by atoms with E-state index in [4.69, 9.17) is 10.5 Å². The summed E-state index contributed by atoms with van der Waals surface area (Å²) in [7, 11) is 0. The molecule has 1 aromatic carbocycles. The van der Waals surface area contributed by atoms with E-state index in [0.717, 1.165) is 16.8 Å². The Labute approximate surface area is 104 Å². The van der Waals surface area contributed by atoms with Crippen LogP contribution in [0.2, 0.25) is 0 Å². The SMILES string of the molecule is Cc1cccc(F)c1-n1nc(N)c2c1CCOC2. The first-order chi connectivity index (χ1) is 8.68. The number of rotatable bonds is 1. The van der Waals surface area contributed by atoms with Crippen LogP contribution in [0.4, 0.5) is 10.2 Å². The van der Waals surface area contributed by atoms with Crippen molar-refractivity contribution in [1.82, 2.24) is 9.78 Å². The van der Waals surface area contributed by atoms with E-state index in [9.17, 15) is 4.39 Å². The maximum absolute atomic E-state index is 14.0. The van der Waals surface area contributed by atoms with Gasteiger partial charge in [0.1, 0.15) is 11.5 Å². The predicted octanol–water partition coefficient (Wildman–Crippen LogP) is 1.97. The number of halogens is 1. The van der Waals surface area contributed by atoms with Crippen molar-refractivity contribution in [2.24, 2.45) is 0 Å². The van der Waals surface area contributed by atoms with E-state index in [2.05, 4.69) is 5.10 Å². The van der Waals surface area contributed by atoms with Crippen molar-refractivity contribution in [2.45, 2.75) is 20.0 Å². The number of hydrogen-bond acceptors (Lipinski definition) is 3. The van der Waals surface area contributed by atoms with E-state index in [0.29, 0.717) is 31.1 Å². The van der Waals surface area contributed by atoms with Crippen LogP contribution in [0.15, 0.2) is 18.2 Å². The van der Waals surface area contributed by atoms with Crippen LogP contribution in [0.5, 0.6) is 0 Å². The number of aromatic nitrogens is 2. The highest BCUT2D eigenvalue weighted by molar-refractivity contribution is 5.50. The van der Waals surface area contributed by atoms with Crippen molar-refractivity contribution >= 4 is 5.82 Å². The van der Waals surface area contributed by atoms with Crippen molar-refractivity contribution in [3.05, 3.63) is 40.8 Å². The van der Waals surface area contributed by atoms with E-state index >= 15 is 0 Å². The van der Waals surface area contributed by atoms with Gasteiger partial charge in [0.2, 0.25) is 0 Å². The molecule has 1 aromatic heterocycles. The van der Waals surface area contributed by atoms with Crippen molar-refractivity contribution < 1.29 is 9.13 Å². The number of ether oxygens (including phenoxy) is 1. The van der Waals surface area contributed by atoms with Gasteiger partial charge in [-0.25, -0.2) is 9.07 Å². The van der Waals surface area contributed by atoms with E-state index in [1.165, 1.54) is 6.07 Å². The number of para-hydroxylation sites is 1. The predicted molar refractivity (Wildman–Crippen MR) is 66.0 cm³/mol. The minimum absolute atomic E-state index is 0.285. The first-order valence-electron chi connectivity index (χ1n) is 5.88. The average Bonchev–Trinajstić information content (AvgIpc) is 2.68. The van der Waals surface area contributed by atoms with Crippen molar-refractivity contribution in [3.8, 4) is 5.69 Å². The average molecular weight is 247 g/mol. The number of nitrogens with zero attached hydrogens (tertiary/aromatic N) is 2. The Morgan fingerprint density at radius 3 is 3.06 bits per heavy atom. The lowest BCUT2D eigenvalue weighted by Gasteiger charge is -2.16. The molecule has 1 aliphatic heterocycles. The van der Waals surface area contributed by atoms with Gasteiger partial charge >= 0.3 is 0 Å². The molecule has 2 N–H and O–H groups in total. The lowest BCUT2D eigenvalue weighted by Crippen LogP contribution is -2.14. The molecule has 0 unspecified atom stereocenters. The topological polar surface area (TPSA) is 53.1 Å². The zero-order chi connectivity index (χ0) is 12.7. The zero-order valence-corrected chi connectivity index (χ0v) is 10.1. The molecule has 0 spiro atoms. The molecule has 0 radical (unpaired) electrons. The number of nitrogen functional groups attached to an aromatic ring is 1. The minimum atomic E-state index is -0.285. The molecular formula is C13H14FN3O. The zero-order valence-electron chi connectivity index (χ0n) is 10.1. The number of benzene rings is 1. The van der Waals surface area contributed by atoms with E-state index in [1.807, 2.05) is 13.0 Å². The lowest BCUT2D eigenvalue weighted by molar-refractivity contribution is 0.110. The molecule has 4 nitrogen and oxygen atoms in total. The standard InChI is InChI=1S/C13H14FN3O/c1-8-3-2-4-10(14)12(8)17-11-5-6-18-7-9(11)13(15)16-17/h2-4H,5-7H2,1H3,(H2,15,16). The largest absolute Gasteiger partial charge is 0.382 e. The summed E-state index contributed by atoms with van der Waals surface area (Å²) in [5, 5.41) is 4.26. The fraction of sp³-hybridized carbons (Fsp3) is 0.308. The molecule has 0 fully saturated rings. The lowest BCUT2D eigenvalue weighted by atomic mass is 10.1. The fourth-order valence-corrected chi connectivity index (χ4v) is 2.34. The number of hydrogen-bond donors (Lipinski definition) is 1. The number of nitrogens with two attached hydrogens (primary N) is 1. The Kier molecular flexibility index (Phi) is 2.56. The van der Waals surface area contributed by atoms with Crippen LogP contribution >= 0.6 is 0 Å². The monoisotopic (exact) mass is 247 g/mol. The van der Waals surface area contributed by atoms with Crippen molar-refractivity contribution in [1.29, 1.82) is 0 Å². The molecule has 0 bridgehead atoms. The van der Waals surface area contributed by atoms with E-state index < -0.39 is 0 Å². The number of aryl methyl sites for hydroxylation is 1. The van der Waals surface area contributed by atoms with Crippen LogP contribution in [0.25, 0.3) is 5.69 Å². The third-order valence-corrected chi connectivity index (χ3v) is 3.25. The smallest absolute Gasteiger partial charge is 0.151 e. The van der Waals surface area contributed by atoms with Crippen LogP contribution in [0.1, 0.15) is 16.8 Å². The third kappa shape index (κ3) is 1.59. The van der Waals surface area contributed by atoms with E-state index in [1.54, 1.807) is 10.7 Å². The van der Waals surface area contributed by atoms with Gasteiger partial charge < -0.3 is 10.5 Å². The van der Waals surface area contributed by atoms with Gasteiger partial charge in [0, 0.05) is 12.0 Å². The van der Waals surface area contributed by atoms with Gasteiger partial charge in [-0.2, -0.15) is 0 Å². The molecule has 0 saturated carbocycles. The molecule has 2 heterocycles. The first kappa shape index (κ1) is 11.2. The number of fused-ring (bicyclic) bond motifs is 1. The highest BCUT2D eigenvalue weighted by Crippen LogP contribution is 2.27. The molecule has 0 atom stereocenters. The first-order valence-corrected chi connectivity index (χ1v) is 5.88. The Morgan fingerprint density at radius 1 is 1.44 bits per heavy atom.